The van der Waals surface area contributed by atoms with Gasteiger partial charge in [0.05, 0.1) is 0 Å². The van der Waals surface area contributed by atoms with E-state index in [2.05, 4.69) is 16.9 Å². The summed E-state index contributed by atoms with van der Waals surface area (Å²) in [5, 5.41) is 3.95. The van der Waals surface area contributed by atoms with Crippen molar-refractivity contribution < 1.29 is 0 Å². The van der Waals surface area contributed by atoms with Gasteiger partial charge in [-0.15, -0.1) is 17.9 Å². The Morgan fingerprint density at radius 1 is 1.90 bits per heavy atom. The fraction of sp³-hybridized carbons (Fsp3) is 0.286. The van der Waals surface area contributed by atoms with Crippen LogP contribution in [0.15, 0.2) is 18.9 Å². The summed E-state index contributed by atoms with van der Waals surface area (Å²) in [5.41, 5.74) is 0. The second-order valence-electron chi connectivity index (χ2n) is 1.87. The molecule has 0 saturated carbocycles. The monoisotopic (exact) mass is 154 g/mol. The molecule has 1 N–H and O–H groups in total. The van der Waals surface area contributed by atoms with Crippen LogP contribution in [0.25, 0.3) is 0 Å². The lowest BCUT2D eigenvalue weighted by Crippen LogP contribution is -1.83. The van der Waals surface area contributed by atoms with Gasteiger partial charge in [0.25, 0.3) is 0 Å². The Hall–Kier alpha value is -0.830. The van der Waals surface area contributed by atoms with Crippen molar-refractivity contribution in [3.63, 3.8) is 0 Å². The molecule has 3 heteroatoms. The van der Waals surface area contributed by atoms with E-state index in [1.807, 2.05) is 19.3 Å². The van der Waals surface area contributed by atoms with Crippen LogP contribution in [-0.2, 0) is 6.42 Å². The van der Waals surface area contributed by atoms with Gasteiger partial charge in [-0.25, -0.2) is 4.98 Å². The van der Waals surface area contributed by atoms with Gasteiger partial charge in [-0.2, -0.15) is 0 Å². The molecule has 0 unspecified atom stereocenters. The average molecular weight is 154 g/mol. The molecule has 1 heterocycles. The summed E-state index contributed by atoms with van der Waals surface area (Å²) in [4.78, 5) is 5.36. The van der Waals surface area contributed by atoms with Gasteiger partial charge in [-0.05, 0) is 0 Å². The molecule has 0 spiro atoms. The van der Waals surface area contributed by atoms with Crippen LogP contribution in [0, 0.1) is 0 Å². The maximum absolute atomic E-state index is 4.11. The first kappa shape index (κ1) is 7.28. The highest BCUT2D eigenvalue weighted by Crippen LogP contribution is 2.17. The Kier molecular flexibility index (Phi) is 2.45. The van der Waals surface area contributed by atoms with Gasteiger partial charge in [-0.3, -0.25) is 0 Å². The lowest BCUT2D eigenvalue weighted by Gasteiger charge is -1.86. The number of rotatable bonds is 3. The maximum atomic E-state index is 4.11. The van der Waals surface area contributed by atoms with Gasteiger partial charge < -0.3 is 5.32 Å². The zero-order valence-corrected chi connectivity index (χ0v) is 6.74. The second kappa shape index (κ2) is 3.37. The third-order valence-corrected chi connectivity index (χ3v) is 2.15. The van der Waals surface area contributed by atoms with Crippen LogP contribution < -0.4 is 5.32 Å². The summed E-state index contributed by atoms with van der Waals surface area (Å²) >= 11 is 1.66. The summed E-state index contributed by atoms with van der Waals surface area (Å²) in [6, 6.07) is 0. The summed E-state index contributed by atoms with van der Waals surface area (Å²) in [6.07, 6.45) is 4.67. The average Bonchev–Trinajstić information content (AvgIpc) is 2.37. The van der Waals surface area contributed by atoms with Crippen LogP contribution in [0.5, 0.6) is 0 Å². The molecule has 54 valence electrons. The molecule has 1 aromatic heterocycles. The minimum absolute atomic E-state index is 0.916. The molecule has 0 amide bonds. The molecule has 0 bridgehead atoms. The zero-order chi connectivity index (χ0) is 7.40. The second-order valence-corrected chi connectivity index (χ2v) is 2.99. The van der Waals surface area contributed by atoms with Crippen molar-refractivity contribution in [3.05, 3.63) is 23.7 Å². The lowest BCUT2D eigenvalue weighted by atomic mass is 10.4. The number of allylic oxidation sites excluding steroid dienone is 1. The normalized spacial score (nSPS) is 9.30. The minimum atomic E-state index is 0.916. The predicted octanol–water partition coefficient (Wildman–Crippen LogP) is 1.91. The van der Waals surface area contributed by atoms with E-state index in [-0.39, 0.29) is 0 Å². The van der Waals surface area contributed by atoms with Gasteiger partial charge in [0, 0.05) is 24.5 Å². The number of nitrogens with zero attached hydrogens (tertiary/aromatic N) is 1. The highest BCUT2D eigenvalue weighted by Gasteiger charge is 1.95. The smallest absolute Gasteiger partial charge is 0.182 e. The van der Waals surface area contributed by atoms with Crippen molar-refractivity contribution in [1.82, 2.24) is 4.98 Å². The van der Waals surface area contributed by atoms with E-state index >= 15 is 0 Å². The van der Waals surface area contributed by atoms with Gasteiger partial charge in [0.15, 0.2) is 5.13 Å². The molecular weight excluding hydrogens is 144 g/mol. The molecule has 1 rings (SSSR count). The molecule has 0 saturated heterocycles. The van der Waals surface area contributed by atoms with E-state index in [1.54, 1.807) is 11.3 Å². The van der Waals surface area contributed by atoms with Gasteiger partial charge in [-0.1, -0.05) is 6.08 Å². The molecule has 0 aliphatic rings. The van der Waals surface area contributed by atoms with Crippen LogP contribution in [0.2, 0.25) is 0 Å². The first-order valence-electron chi connectivity index (χ1n) is 3.10. The Bertz CT molecular complexity index is 217. The number of aromatic nitrogens is 1. The molecule has 0 radical (unpaired) electrons. The van der Waals surface area contributed by atoms with Gasteiger partial charge in [0.2, 0.25) is 0 Å². The van der Waals surface area contributed by atoms with E-state index < -0.39 is 0 Å². The molecule has 0 aliphatic carbocycles. The largest absolute Gasteiger partial charge is 0.365 e. The van der Waals surface area contributed by atoms with Crippen molar-refractivity contribution in [3.8, 4) is 0 Å². The topological polar surface area (TPSA) is 24.9 Å². The minimum Gasteiger partial charge on any atom is -0.365 e. The molecular formula is C7H10N2S. The van der Waals surface area contributed by atoms with E-state index in [0.717, 1.165) is 11.6 Å². The highest BCUT2D eigenvalue weighted by molar-refractivity contribution is 7.15. The van der Waals surface area contributed by atoms with Crippen molar-refractivity contribution in [2.24, 2.45) is 0 Å². The SMILES string of the molecule is C=CCc1cnc(NC)s1. The Balaban J connectivity index is 2.67. The zero-order valence-electron chi connectivity index (χ0n) is 5.92. The van der Waals surface area contributed by atoms with Crippen molar-refractivity contribution in [1.29, 1.82) is 0 Å². The number of hydrogen-bond acceptors (Lipinski definition) is 3. The van der Waals surface area contributed by atoms with Crippen LogP contribution in [0.4, 0.5) is 5.13 Å². The van der Waals surface area contributed by atoms with Crippen molar-refractivity contribution in [2.75, 3.05) is 12.4 Å². The number of anilines is 1. The van der Waals surface area contributed by atoms with Crippen molar-refractivity contribution >= 4 is 16.5 Å². The summed E-state index contributed by atoms with van der Waals surface area (Å²) in [5.74, 6) is 0. The standard InChI is InChI=1S/C7H10N2S/c1-3-4-6-5-9-7(8-2)10-6/h3,5H,1,4H2,2H3,(H,8,9). The molecule has 0 aromatic carbocycles. The third-order valence-electron chi connectivity index (χ3n) is 1.11. The summed E-state index contributed by atoms with van der Waals surface area (Å²) in [6.45, 7) is 3.65. The van der Waals surface area contributed by atoms with E-state index in [0.29, 0.717) is 0 Å². The first-order valence-corrected chi connectivity index (χ1v) is 3.92. The fourth-order valence-corrected chi connectivity index (χ4v) is 1.42. The van der Waals surface area contributed by atoms with Crippen LogP contribution in [0.3, 0.4) is 0 Å². The molecule has 0 fully saturated rings. The number of nitrogens with one attached hydrogen (secondary N) is 1. The molecule has 10 heavy (non-hydrogen) atoms. The fourth-order valence-electron chi connectivity index (χ4n) is 0.660. The molecule has 1 aromatic rings. The Morgan fingerprint density at radius 3 is 3.20 bits per heavy atom. The third kappa shape index (κ3) is 1.57. The maximum Gasteiger partial charge on any atom is 0.182 e. The van der Waals surface area contributed by atoms with Crippen LogP contribution >= 0.6 is 11.3 Å². The van der Waals surface area contributed by atoms with Crippen molar-refractivity contribution in [2.45, 2.75) is 6.42 Å². The quantitative estimate of drug-likeness (QED) is 0.673. The Morgan fingerprint density at radius 2 is 2.70 bits per heavy atom. The van der Waals surface area contributed by atoms with E-state index in [4.69, 9.17) is 0 Å². The molecule has 2 nitrogen and oxygen atoms in total. The summed E-state index contributed by atoms with van der Waals surface area (Å²) in [7, 11) is 1.87. The Labute approximate surface area is 64.6 Å². The first-order chi connectivity index (χ1) is 4.86. The predicted molar refractivity (Wildman–Crippen MR) is 45.6 cm³/mol. The molecule has 0 atom stereocenters. The molecule has 0 aliphatic heterocycles. The van der Waals surface area contributed by atoms with Gasteiger partial charge in [0.1, 0.15) is 0 Å². The van der Waals surface area contributed by atoms with Crippen LogP contribution in [0.1, 0.15) is 4.88 Å². The number of thiazole rings is 1. The summed E-state index contributed by atoms with van der Waals surface area (Å²) < 4.78 is 0. The van der Waals surface area contributed by atoms with E-state index in [1.165, 1.54) is 4.88 Å². The number of hydrogen-bond donors (Lipinski definition) is 1. The van der Waals surface area contributed by atoms with Crippen LogP contribution in [-0.4, -0.2) is 12.0 Å². The van der Waals surface area contributed by atoms with Gasteiger partial charge >= 0.3 is 0 Å². The van der Waals surface area contributed by atoms with E-state index in [9.17, 15) is 0 Å². The highest BCUT2D eigenvalue weighted by atomic mass is 32.1. The lowest BCUT2D eigenvalue weighted by molar-refractivity contribution is 1.29.